The second-order valence-corrected chi connectivity index (χ2v) is 8.54. The molecule has 0 spiro atoms. The van der Waals surface area contributed by atoms with Crippen molar-refractivity contribution in [2.24, 2.45) is 11.8 Å². The summed E-state index contributed by atoms with van der Waals surface area (Å²) in [6.45, 7) is 1.03. The summed E-state index contributed by atoms with van der Waals surface area (Å²) in [6, 6.07) is 14.8. The van der Waals surface area contributed by atoms with E-state index in [0.717, 1.165) is 30.5 Å². The fraction of sp³-hybridized carbons (Fsp3) is 0.333. The van der Waals surface area contributed by atoms with Crippen LogP contribution in [-0.4, -0.2) is 11.5 Å². The lowest BCUT2D eigenvalue weighted by molar-refractivity contribution is -0.385. The number of nitro benzene ring substituents is 1. The Morgan fingerprint density at radius 2 is 1.68 bits per heavy atom. The van der Waals surface area contributed by atoms with Crippen LogP contribution in [-0.2, 0) is 0 Å². The van der Waals surface area contributed by atoms with Crippen molar-refractivity contribution in [1.82, 2.24) is 0 Å². The number of fused-ring (bicyclic) bond motifs is 4. The maximum absolute atomic E-state index is 11.7. The van der Waals surface area contributed by atoms with Gasteiger partial charge in [-0.25, -0.2) is 0 Å². The van der Waals surface area contributed by atoms with Gasteiger partial charge in [-0.15, -0.1) is 0 Å². The van der Waals surface area contributed by atoms with Crippen molar-refractivity contribution < 1.29 is 4.92 Å². The lowest BCUT2D eigenvalue weighted by atomic mass is 9.70. The van der Waals surface area contributed by atoms with Crippen molar-refractivity contribution in [3.05, 3.63) is 93.6 Å². The van der Waals surface area contributed by atoms with E-state index < -0.39 is 0 Å². The largest absolute Gasteiger partial charge is 0.363 e. The first-order chi connectivity index (χ1) is 13.7. The van der Waals surface area contributed by atoms with E-state index in [-0.39, 0.29) is 16.5 Å². The minimum Gasteiger partial charge on any atom is -0.363 e. The van der Waals surface area contributed by atoms with Gasteiger partial charge in [0.1, 0.15) is 0 Å². The summed E-state index contributed by atoms with van der Waals surface area (Å²) < 4.78 is 0. The summed E-state index contributed by atoms with van der Waals surface area (Å²) in [5, 5.41) is 11.7. The summed E-state index contributed by atoms with van der Waals surface area (Å²) in [4.78, 5) is 14.0. The highest BCUT2D eigenvalue weighted by atomic mass is 16.6. The molecule has 4 aliphatic rings. The highest BCUT2D eigenvalue weighted by Gasteiger charge is 2.48. The Labute approximate surface area is 164 Å². The predicted octanol–water partition coefficient (Wildman–Crippen LogP) is 5.49. The number of allylic oxidation sites excluding steroid dienone is 4. The molecule has 140 valence electrons. The molecule has 2 heterocycles. The standard InChI is InChI=1S/C24H22N2O2/c27-26(28)17-12-21-18-9-4-8-16(18)14-25-23(15-6-2-1-3-7-15)20-11-5-10-19(20)22(13-17)24(21)25/h1-7,9-10,12-13,16,18-20,23H,8,11,14H2/t16-,18-,19-,20+,23+/m1/s1. The second kappa shape index (κ2) is 5.81. The van der Waals surface area contributed by atoms with Gasteiger partial charge < -0.3 is 4.90 Å². The average Bonchev–Trinajstić information content (AvgIpc) is 3.38. The molecule has 0 N–H and O–H groups in total. The Morgan fingerprint density at radius 3 is 2.46 bits per heavy atom. The smallest absolute Gasteiger partial charge is 0.270 e. The van der Waals surface area contributed by atoms with Gasteiger partial charge in [-0.05, 0) is 41.4 Å². The van der Waals surface area contributed by atoms with Gasteiger partial charge in [-0.2, -0.15) is 0 Å². The Bertz CT molecular complexity index is 1010. The molecule has 0 saturated carbocycles. The zero-order chi connectivity index (χ0) is 18.8. The van der Waals surface area contributed by atoms with E-state index in [2.05, 4.69) is 59.5 Å². The summed E-state index contributed by atoms with van der Waals surface area (Å²) in [5.41, 5.74) is 5.19. The highest BCUT2D eigenvalue weighted by Crippen LogP contribution is 2.59. The summed E-state index contributed by atoms with van der Waals surface area (Å²) >= 11 is 0. The van der Waals surface area contributed by atoms with Crippen LogP contribution in [0, 0.1) is 22.0 Å². The molecule has 0 saturated heterocycles. The SMILES string of the molecule is O=[N+]([O-])c1cc2c3c(c1)[C@@H]1C=CC[C@@H]1[C@H](c1ccccc1)N3C[C@H]1CC=C[C@@H]21. The zero-order valence-corrected chi connectivity index (χ0v) is 15.6. The third-order valence-electron chi connectivity index (χ3n) is 7.19. The van der Waals surface area contributed by atoms with Crippen LogP contribution in [0.2, 0.25) is 0 Å². The molecule has 0 radical (unpaired) electrons. The Hall–Kier alpha value is -2.88. The number of benzene rings is 2. The van der Waals surface area contributed by atoms with E-state index in [4.69, 9.17) is 0 Å². The molecule has 0 aromatic heterocycles. The van der Waals surface area contributed by atoms with E-state index >= 15 is 0 Å². The van der Waals surface area contributed by atoms with Crippen molar-refractivity contribution in [1.29, 1.82) is 0 Å². The number of nitrogens with zero attached hydrogens (tertiary/aromatic N) is 2. The zero-order valence-electron chi connectivity index (χ0n) is 15.6. The molecule has 2 aromatic carbocycles. The Kier molecular flexibility index (Phi) is 3.34. The third kappa shape index (κ3) is 2.12. The van der Waals surface area contributed by atoms with Gasteiger partial charge in [0.25, 0.3) is 5.69 Å². The molecule has 2 aromatic rings. The van der Waals surface area contributed by atoms with Crippen LogP contribution in [0.3, 0.4) is 0 Å². The molecule has 0 fully saturated rings. The number of non-ortho nitro benzene ring substituents is 1. The van der Waals surface area contributed by atoms with Gasteiger partial charge in [-0.1, -0.05) is 54.6 Å². The van der Waals surface area contributed by atoms with E-state index in [1.165, 1.54) is 11.3 Å². The van der Waals surface area contributed by atoms with E-state index in [0.29, 0.717) is 23.8 Å². The van der Waals surface area contributed by atoms with Crippen LogP contribution in [0.4, 0.5) is 11.4 Å². The second-order valence-electron chi connectivity index (χ2n) is 8.54. The number of rotatable bonds is 2. The molecule has 28 heavy (non-hydrogen) atoms. The minimum absolute atomic E-state index is 0.222. The lowest BCUT2D eigenvalue weighted by Gasteiger charge is -2.51. The van der Waals surface area contributed by atoms with Crippen molar-refractivity contribution in [2.75, 3.05) is 11.4 Å². The van der Waals surface area contributed by atoms with Crippen molar-refractivity contribution in [2.45, 2.75) is 30.7 Å². The molecular formula is C24H22N2O2. The molecule has 5 atom stereocenters. The van der Waals surface area contributed by atoms with Crippen molar-refractivity contribution in [3.8, 4) is 0 Å². The van der Waals surface area contributed by atoms with Crippen LogP contribution in [0.15, 0.2) is 66.8 Å². The molecule has 0 unspecified atom stereocenters. The van der Waals surface area contributed by atoms with Crippen molar-refractivity contribution in [3.63, 3.8) is 0 Å². The molecule has 0 bridgehead atoms. The van der Waals surface area contributed by atoms with Gasteiger partial charge in [0.2, 0.25) is 0 Å². The van der Waals surface area contributed by atoms with E-state index in [1.54, 1.807) is 0 Å². The minimum atomic E-state index is -0.222. The van der Waals surface area contributed by atoms with Gasteiger partial charge in [0.05, 0.1) is 11.0 Å². The highest BCUT2D eigenvalue weighted by molar-refractivity contribution is 5.72. The van der Waals surface area contributed by atoms with E-state index in [1.807, 2.05) is 12.1 Å². The quantitative estimate of drug-likeness (QED) is 0.399. The first kappa shape index (κ1) is 16.1. The third-order valence-corrected chi connectivity index (χ3v) is 7.19. The van der Waals surface area contributed by atoms with Crippen molar-refractivity contribution >= 4 is 11.4 Å². The van der Waals surface area contributed by atoms with Crippen LogP contribution in [0.1, 0.15) is 47.4 Å². The number of nitro groups is 1. The Balaban J connectivity index is 1.61. The maximum Gasteiger partial charge on any atom is 0.270 e. The van der Waals surface area contributed by atoms with Gasteiger partial charge >= 0.3 is 0 Å². The van der Waals surface area contributed by atoms with Gasteiger partial charge in [0.15, 0.2) is 0 Å². The summed E-state index contributed by atoms with van der Waals surface area (Å²) in [5.74, 6) is 1.52. The fourth-order valence-electron chi connectivity index (χ4n) is 6.09. The average molecular weight is 370 g/mol. The molecule has 6 rings (SSSR count). The molecule has 2 aliphatic carbocycles. The predicted molar refractivity (Wildman–Crippen MR) is 110 cm³/mol. The van der Waals surface area contributed by atoms with Crippen LogP contribution >= 0.6 is 0 Å². The monoisotopic (exact) mass is 370 g/mol. The maximum atomic E-state index is 11.7. The van der Waals surface area contributed by atoms with Gasteiger partial charge in [0, 0.05) is 36.2 Å². The van der Waals surface area contributed by atoms with Crippen LogP contribution in [0.25, 0.3) is 0 Å². The summed E-state index contributed by atoms with van der Waals surface area (Å²) in [6.07, 6.45) is 11.2. The molecule has 0 amide bonds. The fourth-order valence-corrected chi connectivity index (χ4v) is 6.09. The lowest BCUT2D eigenvalue weighted by Crippen LogP contribution is -2.46. The molecule has 4 nitrogen and oxygen atoms in total. The number of hydrogen-bond acceptors (Lipinski definition) is 3. The van der Waals surface area contributed by atoms with Gasteiger partial charge in [-0.3, -0.25) is 10.1 Å². The topological polar surface area (TPSA) is 46.4 Å². The van der Waals surface area contributed by atoms with Crippen LogP contribution < -0.4 is 4.90 Å². The number of hydrogen-bond donors (Lipinski definition) is 0. The number of anilines is 1. The normalized spacial score (nSPS) is 31.4. The van der Waals surface area contributed by atoms with E-state index in [9.17, 15) is 10.1 Å². The molecule has 2 aliphatic heterocycles. The first-order valence-corrected chi connectivity index (χ1v) is 10.2. The summed E-state index contributed by atoms with van der Waals surface area (Å²) in [7, 11) is 0. The van der Waals surface area contributed by atoms with Crippen LogP contribution in [0.5, 0.6) is 0 Å². The first-order valence-electron chi connectivity index (χ1n) is 10.2. The Morgan fingerprint density at radius 1 is 0.964 bits per heavy atom. The molecule has 4 heteroatoms. The molecular weight excluding hydrogens is 348 g/mol.